The van der Waals surface area contributed by atoms with E-state index in [9.17, 15) is 4.79 Å². The van der Waals surface area contributed by atoms with E-state index < -0.39 is 5.54 Å². The monoisotopic (exact) mass is 182 g/mol. The first kappa shape index (κ1) is 10.3. The topological polar surface area (TPSA) is 55.1 Å². The van der Waals surface area contributed by atoms with Gasteiger partial charge in [-0.2, -0.15) is 0 Å². The van der Waals surface area contributed by atoms with Crippen molar-refractivity contribution in [3.8, 4) is 0 Å². The molecule has 0 saturated carbocycles. The van der Waals surface area contributed by atoms with E-state index >= 15 is 0 Å². The third-order valence-corrected chi connectivity index (χ3v) is 1.99. The summed E-state index contributed by atoms with van der Waals surface area (Å²) in [7, 11) is 0. The molecule has 0 aliphatic heterocycles. The molecule has 1 amide bonds. The summed E-state index contributed by atoms with van der Waals surface area (Å²) in [4.78, 5) is 11.4. The third kappa shape index (κ3) is 4.08. The van der Waals surface area contributed by atoms with E-state index in [1.807, 2.05) is 13.8 Å². The first-order valence-electron chi connectivity index (χ1n) is 4.70. The Balaban J connectivity index is 2.25. The van der Waals surface area contributed by atoms with Crippen molar-refractivity contribution in [3.05, 3.63) is 12.2 Å². The Labute approximate surface area is 79.4 Å². The van der Waals surface area contributed by atoms with Crippen molar-refractivity contribution in [2.45, 2.75) is 44.7 Å². The molecule has 0 aromatic heterocycles. The summed E-state index contributed by atoms with van der Waals surface area (Å²) in [5.41, 5.74) is 5.33. The summed E-state index contributed by atoms with van der Waals surface area (Å²) in [6, 6.07) is 0.301. The molecule has 3 N–H and O–H groups in total. The van der Waals surface area contributed by atoms with E-state index in [1.54, 1.807) is 0 Å². The van der Waals surface area contributed by atoms with Gasteiger partial charge in [-0.05, 0) is 26.7 Å². The molecule has 0 unspecified atom stereocenters. The fraction of sp³-hybridized carbons (Fsp3) is 0.700. The molecular formula is C10H18N2O. The molecule has 0 atom stereocenters. The summed E-state index contributed by atoms with van der Waals surface area (Å²) < 4.78 is 0. The molecule has 13 heavy (non-hydrogen) atoms. The Kier molecular flexibility index (Phi) is 3.09. The molecule has 3 heteroatoms. The smallest absolute Gasteiger partial charge is 0.222 e. The predicted molar refractivity (Wildman–Crippen MR) is 53.2 cm³/mol. The fourth-order valence-corrected chi connectivity index (χ4v) is 1.43. The van der Waals surface area contributed by atoms with Gasteiger partial charge in [0.25, 0.3) is 0 Å². The van der Waals surface area contributed by atoms with Gasteiger partial charge in [-0.25, -0.2) is 0 Å². The Morgan fingerprint density at radius 2 is 2.08 bits per heavy atom. The van der Waals surface area contributed by atoms with Crippen LogP contribution in [0.3, 0.4) is 0 Å². The van der Waals surface area contributed by atoms with Crippen LogP contribution in [0.5, 0.6) is 0 Å². The van der Waals surface area contributed by atoms with Crippen LogP contribution >= 0.6 is 0 Å². The van der Waals surface area contributed by atoms with Crippen LogP contribution in [0.2, 0.25) is 0 Å². The number of carbonyl (C=O) groups is 1. The fourth-order valence-electron chi connectivity index (χ4n) is 1.43. The Morgan fingerprint density at radius 1 is 1.54 bits per heavy atom. The minimum atomic E-state index is -0.407. The zero-order valence-corrected chi connectivity index (χ0v) is 8.34. The molecule has 3 nitrogen and oxygen atoms in total. The number of hydrogen-bond acceptors (Lipinski definition) is 2. The van der Waals surface area contributed by atoms with Gasteiger partial charge in [-0.1, -0.05) is 12.2 Å². The second-order valence-corrected chi connectivity index (χ2v) is 4.37. The summed E-state index contributed by atoms with van der Waals surface area (Å²) in [6.07, 6.45) is 6.49. The quantitative estimate of drug-likeness (QED) is 0.638. The summed E-state index contributed by atoms with van der Waals surface area (Å²) in [5.74, 6) is 0.0567. The lowest BCUT2D eigenvalue weighted by Gasteiger charge is -2.19. The number of rotatable bonds is 3. The van der Waals surface area contributed by atoms with E-state index in [0.717, 1.165) is 12.8 Å². The van der Waals surface area contributed by atoms with Crippen LogP contribution < -0.4 is 11.1 Å². The minimum absolute atomic E-state index is 0.0567. The van der Waals surface area contributed by atoms with E-state index in [1.165, 1.54) is 0 Å². The van der Waals surface area contributed by atoms with Gasteiger partial charge in [-0.3, -0.25) is 4.79 Å². The van der Waals surface area contributed by atoms with Gasteiger partial charge in [0.2, 0.25) is 5.91 Å². The lowest BCUT2D eigenvalue weighted by atomic mass is 10.0. The molecule has 1 rings (SSSR count). The second-order valence-electron chi connectivity index (χ2n) is 4.37. The number of nitrogens with one attached hydrogen (secondary N) is 1. The van der Waals surface area contributed by atoms with Crippen molar-refractivity contribution in [3.63, 3.8) is 0 Å². The van der Waals surface area contributed by atoms with E-state index in [0.29, 0.717) is 12.5 Å². The number of carbonyl (C=O) groups excluding carboxylic acids is 1. The highest BCUT2D eigenvalue weighted by Crippen LogP contribution is 2.10. The van der Waals surface area contributed by atoms with Crippen LogP contribution in [0.15, 0.2) is 12.2 Å². The standard InChI is InChI=1S/C10H18N2O/c1-10(2,11)7-9(13)12-8-5-3-4-6-8/h3-4,8H,5-7,11H2,1-2H3,(H,12,13). The van der Waals surface area contributed by atoms with Crippen LogP contribution in [0.25, 0.3) is 0 Å². The molecule has 0 heterocycles. The first-order valence-corrected chi connectivity index (χ1v) is 4.70. The van der Waals surface area contributed by atoms with Gasteiger partial charge in [0.05, 0.1) is 0 Å². The maximum Gasteiger partial charge on any atom is 0.222 e. The maximum atomic E-state index is 11.4. The number of nitrogens with two attached hydrogens (primary N) is 1. The van der Waals surface area contributed by atoms with Gasteiger partial charge in [0.1, 0.15) is 0 Å². The first-order chi connectivity index (χ1) is 5.97. The molecule has 0 aromatic rings. The highest BCUT2D eigenvalue weighted by Gasteiger charge is 2.19. The van der Waals surface area contributed by atoms with Crippen molar-refractivity contribution in [1.29, 1.82) is 0 Å². The highest BCUT2D eigenvalue weighted by molar-refractivity contribution is 5.77. The van der Waals surface area contributed by atoms with Gasteiger partial charge in [0, 0.05) is 18.0 Å². The zero-order chi connectivity index (χ0) is 9.90. The Morgan fingerprint density at radius 3 is 2.54 bits per heavy atom. The van der Waals surface area contributed by atoms with Crippen molar-refractivity contribution in [2.75, 3.05) is 0 Å². The second kappa shape index (κ2) is 3.92. The van der Waals surface area contributed by atoms with Gasteiger partial charge >= 0.3 is 0 Å². The summed E-state index contributed by atoms with van der Waals surface area (Å²) in [6.45, 7) is 3.72. The van der Waals surface area contributed by atoms with E-state index in [2.05, 4.69) is 17.5 Å². The molecule has 0 aromatic carbocycles. The molecule has 1 aliphatic rings. The SMILES string of the molecule is CC(C)(N)CC(=O)NC1CC=CC1. The van der Waals surface area contributed by atoms with Crippen LogP contribution in [-0.4, -0.2) is 17.5 Å². The molecular weight excluding hydrogens is 164 g/mol. The average Bonchev–Trinajstić information content (AvgIpc) is 2.34. The van der Waals surface area contributed by atoms with Crippen LogP contribution in [-0.2, 0) is 4.79 Å². The van der Waals surface area contributed by atoms with E-state index in [-0.39, 0.29) is 5.91 Å². The number of amides is 1. The van der Waals surface area contributed by atoms with Crippen molar-refractivity contribution in [2.24, 2.45) is 5.73 Å². The molecule has 0 bridgehead atoms. The molecule has 0 radical (unpaired) electrons. The van der Waals surface area contributed by atoms with Gasteiger partial charge < -0.3 is 11.1 Å². The molecule has 74 valence electrons. The summed E-state index contributed by atoms with van der Waals surface area (Å²) in [5, 5.41) is 2.95. The van der Waals surface area contributed by atoms with Crippen LogP contribution in [0, 0.1) is 0 Å². The van der Waals surface area contributed by atoms with Crippen LogP contribution in [0.1, 0.15) is 33.1 Å². The van der Waals surface area contributed by atoms with Crippen LogP contribution in [0.4, 0.5) is 0 Å². The minimum Gasteiger partial charge on any atom is -0.353 e. The third-order valence-electron chi connectivity index (χ3n) is 1.99. The maximum absolute atomic E-state index is 11.4. The molecule has 0 spiro atoms. The summed E-state index contributed by atoms with van der Waals surface area (Å²) >= 11 is 0. The molecule has 0 fully saturated rings. The lowest BCUT2D eigenvalue weighted by Crippen LogP contribution is -2.41. The normalized spacial score (nSPS) is 17.8. The lowest BCUT2D eigenvalue weighted by molar-refractivity contribution is -0.122. The number of hydrogen-bond donors (Lipinski definition) is 2. The van der Waals surface area contributed by atoms with E-state index in [4.69, 9.17) is 5.73 Å². The highest BCUT2D eigenvalue weighted by atomic mass is 16.1. The van der Waals surface area contributed by atoms with Crippen molar-refractivity contribution < 1.29 is 4.79 Å². The largest absolute Gasteiger partial charge is 0.353 e. The molecule has 1 aliphatic carbocycles. The van der Waals surface area contributed by atoms with Crippen molar-refractivity contribution >= 4 is 5.91 Å². The van der Waals surface area contributed by atoms with Gasteiger partial charge in [0.15, 0.2) is 0 Å². The average molecular weight is 182 g/mol. The predicted octanol–water partition coefficient (Wildman–Crippen LogP) is 0.949. The Hall–Kier alpha value is -0.830. The Bertz CT molecular complexity index is 207. The zero-order valence-electron chi connectivity index (χ0n) is 8.34. The van der Waals surface area contributed by atoms with Crippen molar-refractivity contribution in [1.82, 2.24) is 5.32 Å². The van der Waals surface area contributed by atoms with Gasteiger partial charge in [-0.15, -0.1) is 0 Å². The molecule has 0 saturated heterocycles.